The third-order valence-electron chi connectivity index (χ3n) is 1.75. The van der Waals surface area contributed by atoms with Gasteiger partial charge in [0.15, 0.2) is 11.5 Å². The van der Waals surface area contributed by atoms with E-state index >= 15 is 0 Å². The summed E-state index contributed by atoms with van der Waals surface area (Å²) < 4.78 is 56.3. The third-order valence-corrected chi connectivity index (χ3v) is 1.75. The Balaban J connectivity index is 3.04. The lowest BCUT2D eigenvalue weighted by Gasteiger charge is -2.11. The molecule has 0 aliphatic heterocycles. The summed E-state index contributed by atoms with van der Waals surface area (Å²) in [5, 5.41) is 8.30. The van der Waals surface area contributed by atoms with Crippen molar-refractivity contribution in [2.75, 3.05) is 0 Å². The van der Waals surface area contributed by atoms with Crippen LogP contribution in [-0.2, 0) is 0 Å². The van der Waals surface area contributed by atoms with E-state index in [9.17, 15) is 17.6 Å². The molecule has 0 N–H and O–H groups in total. The Morgan fingerprint density at radius 3 is 2.22 bits per heavy atom. The van der Waals surface area contributed by atoms with Gasteiger partial charge in [-0.3, -0.25) is 0 Å². The SMILES string of the molecule is N#CC=Cc1ccc(OC(F)F)c(OC(F)F)c1. The Kier molecular flexibility index (Phi) is 4.99. The summed E-state index contributed by atoms with van der Waals surface area (Å²) in [5.41, 5.74) is 0.341. The van der Waals surface area contributed by atoms with Crippen molar-refractivity contribution in [1.29, 1.82) is 5.26 Å². The van der Waals surface area contributed by atoms with Crippen LogP contribution in [0.5, 0.6) is 11.5 Å². The lowest BCUT2D eigenvalue weighted by molar-refractivity contribution is -0.0692. The van der Waals surface area contributed by atoms with Crippen LogP contribution in [0.1, 0.15) is 5.56 Å². The highest BCUT2D eigenvalue weighted by atomic mass is 19.3. The molecule has 0 spiro atoms. The second kappa shape index (κ2) is 6.49. The molecule has 0 saturated heterocycles. The molecule has 96 valence electrons. The molecule has 0 bridgehead atoms. The minimum absolute atomic E-state index is 0.341. The van der Waals surface area contributed by atoms with Gasteiger partial charge in [-0.15, -0.1) is 0 Å². The lowest BCUT2D eigenvalue weighted by atomic mass is 10.2. The molecule has 0 unspecified atom stereocenters. The van der Waals surface area contributed by atoms with E-state index in [0.717, 1.165) is 18.2 Å². The standard InChI is InChI=1S/C11H7F4NO2/c12-10(13)17-8-4-3-7(2-1-5-16)6-9(8)18-11(14)15/h1-4,6,10-11H. The fourth-order valence-corrected chi connectivity index (χ4v) is 1.14. The highest BCUT2D eigenvalue weighted by Crippen LogP contribution is 2.31. The molecule has 18 heavy (non-hydrogen) atoms. The molecule has 0 aliphatic rings. The maximum absolute atomic E-state index is 12.1. The molecule has 0 aliphatic carbocycles. The molecule has 0 fully saturated rings. The molecule has 0 heterocycles. The van der Waals surface area contributed by atoms with E-state index in [4.69, 9.17) is 5.26 Å². The minimum Gasteiger partial charge on any atom is -0.431 e. The number of rotatable bonds is 5. The molecule has 1 aromatic carbocycles. The molecule has 0 atom stereocenters. The van der Waals surface area contributed by atoms with Gasteiger partial charge in [-0.05, 0) is 23.8 Å². The molecule has 7 heteroatoms. The summed E-state index contributed by atoms with van der Waals surface area (Å²) in [4.78, 5) is 0. The van der Waals surface area contributed by atoms with Crippen molar-refractivity contribution >= 4 is 6.08 Å². The Labute approximate surface area is 99.8 Å². The number of allylic oxidation sites excluding steroid dienone is 1. The van der Waals surface area contributed by atoms with E-state index < -0.39 is 24.7 Å². The molecule has 1 rings (SSSR count). The zero-order chi connectivity index (χ0) is 13.5. The first-order chi connectivity index (χ1) is 8.52. The second-order valence-corrected chi connectivity index (χ2v) is 2.93. The predicted octanol–water partition coefficient (Wildman–Crippen LogP) is 3.43. The normalized spacial score (nSPS) is 10.9. The number of hydrogen-bond acceptors (Lipinski definition) is 3. The first-order valence-corrected chi connectivity index (χ1v) is 4.62. The van der Waals surface area contributed by atoms with Gasteiger partial charge in [0.1, 0.15) is 0 Å². The maximum atomic E-state index is 12.1. The van der Waals surface area contributed by atoms with E-state index in [-0.39, 0.29) is 0 Å². The van der Waals surface area contributed by atoms with Gasteiger partial charge < -0.3 is 9.47 Å². The van der Waals surface area contributed by atoms with Gasteiger partial charge in [-0.1, -0.05) is 6.07 Å². The number of hydrogen-bond donors (Lipinski definition) is 0. The van der Waals surface area contributed by atoms with Crippen LogP contribution in [0.4, 0.5) is 17.6 Å². The molecule has 1 aromatic rings. The average molecular weight is 261 g/mol. The number of benzene rings is 1. The van der Waals surface area contributed by atoms with Crippen molar-refractivity contribution in [2.45, 2.75) is 13.2 Å². The molecule has 0 amide bonds. The van der Waals surface area contributed by atoms with E-state index in [0.29, 0.717) is 5.56 Å². The predicted molar refractivity (Wildman–Crippen MR) is 54.4 cm³/mol. The van der Waals surface area contributed by atoms with Gasteiger partial charge >= 0.3 is 13.2 Å². The minimum atomic E-state index is -3.17. The number of nitrogens with zero attached hydrogens (tertiary/aromatic N) is 1. The van der Waals surface area contributed by atoms with Crippen LogP contribution >= 0.6 is 0 Å². The van der Waals surface area contributed by atoms with Gasteiger partial charge in [0, 0.05) is 6.08 Å². The zero-order valence-corrected chi connectivity index (χ0v) is 8.82. The van der Waals surface area contributed by atoms with Gasteiger partial charge in [0.25, 0.3) is 0 Å². The maximum Gasteiger partial charge on any atom is 0.387 e. The Bertz CT molecular complexity index is 469. The Hall–Kier alpha value is -2.23. The first kappa shape index (κ1) is 13.8. The van der Waals surface area contributed by atoms with Gasteiger partial charge in [0.2, 0.25) is 0 Å². The Morgan fingerprint density at radius 2 is 1.67 bits per heavy atom. The zero-order valence-electron chi connectivity index (χ0n) is 8.82. The molecule has 0 aromatic heterocycles. The third kappa shape index (κ3) is 4.33. The highest BCUT2D eigenvalue weighted by molar-refractivity contribution is 5.57. The van der Waals surface area contributed by atoms with Crippen LogP contribution < -0.4 is 9.47 Å². The van der Waals surface area contributed by atoms with Crippen molar-refractivity contribution in [3.63, 3.8) is 0 Å². The van der Waals surface area contributed by atoms with Crippen LogP contribution in [0.25, 0.3) is 6.08 Å². The monoisotopic (exact) mass is 261 g/mol. The van der Waals surface area contributed by atoms with E-state index in [1.54, 1.807) is 6.07 Å². The molecule has 0 radical (unpaired) electrons. The average Bonchev–Trinajstić information content (AvgIpc) is 2.28. The van der Waals surface area contributed by atoms with Crippen LogP contribution in [0.15, 0.2) is 24.3 Å². The summed E-state index contributed by atoms with van der Waals surface area (Å²) >= 11 is 0. The molecular formula is C11H7F4NO2. The number of ether oxygens (including phenoxy) is 2. The van der Waals surface area contributed by atoms with Crippen LogP contribution in [0.3, 0.4) is 0 Å². The van der Waals surface area contributed by atoms with Gasteiger partial charge in [0.05, 0.1) is 6.07 Å². The van der Waals surface area contributed by atoms with Gasteiger partial charge in [-0.2, -0.15) is 22.8 Å². The fraction of sp³-hybridized carbons (Fsp3) is 0.182. The Morgan fingerprint density at radius 1 is 1.06 bits per heavy atom. The number of nitriles is 1. The quantitative estimate of drug-likeness (QED) is 0.602. The van der Waals surface area contributed by atoms with Crippen LogP contribution in [0.2, 0.25) is 0 Å². The van der Waals surface area contributed by atoms with Gasteiger partial charge in [-0.25, -0.2) is 0 Å². The van der Waals surface area contributed by atoms with Crippen molar-refractivity contribution in [1.82, 2.24) is 0 Å². The summed E-state index contributed by atoms with van der Waals surface area (Å²) in [7, 11) is 0. The highest BCUT2D eigenvalue weighted by Gasteiger charge is 2.14. The van der Waals surface area contributed by atoms with E-state index in [1.807, 2.05) is 0 Å². The number of halogens is 4. The topological polar surface area (TPSA) is 42.2 Å². The molecule has 3 nitrogen and oxygen atoms in total. The molecular weight excluding hydrogens is 254 g/mol. The largest absolute Gasteiger partial charge is 0.431 e. The summed E-state index contributed by atoms with van der Waals surface area (Å²) in [6.07, 6.45) is 2.42. The van der Waals surface area contributed by atoms with Crippen molar-refractivity contribution < 1.29 is 27.0 Å². The summed E-state index contributed by atoms with van der Waals surface area (Å²) in [6, 6.07) is 5.15. The first-order valence-electron chi connectivity index (χ1n) is 4.62. The summed E-state index contributed by atoms with van der Waals surface area (Å²) in [5.74, 6) is -1.02. The number of alkyl halides is 4. The van der Waals surface area contributed by atoms with E-state index in [2.05, 4.69) is 9.47 Å². The van der Waals surface area contributed by atoms with Crippen molar-refractivity contribution in [2.24, 2.45) is 0 Å². The van der Waals surface area contributed by atoms with Crippen molar-refractivity contribution in [3.8, 4) is 17.6 Å². The van der Waals surface area contributed by atoms with Crippen molar-refractivity contribution in [3.05, 3.63) is 29.8 Å². The molecule has 0 saturated carbocycles. The van der Waals surface area contributed by atoms with Crippen LogP contribution in [0, 0.1) is 11.3 Å². The second-order valence-electron chi connectivity index (χ2n) is 2.93. The fourth-order valence-electron chi connectivity index (χ4n) is 1.14. The van der Waals surface area contributed by atoms with E-state index in [1.165, 1.54) is 12.1 Å². The smallest absolute Gasteiger partial charge is 0.387 e. The van der Waals surface area contributed by atoms with Crippen LogP contribution in [-0.4, -0.2) is 13.2 Å². The summed E-state index contributed by atoms with van der Waals surface area (Å²) in [6.45, 7) is -6.31. The lowest BCUT2D eigenvalue weighted by Crippen LogP contribution is -2.07.